The first-order valence-corrected chi connectivity index (χ1v) is 7.68. The Morgan fingerprint density at radius 2 is 2.24 bits per heavy atom. The third-order valence-corrected chi connectivity index (χ3v) is 4.41. The molecule has 1 aromatic carbocycles. The quantitative estimate of drug-likeness (QED) is 0.854. The van der Waals surface area contributed by atoms with Crippen LogP contribution >= 0.6 is 23.4 Å². The van der Waals surface area contributed by atoms with Gasteiger partial charge in [0, 0.05) is 11.6 Å². The molecule has 1 aromatic heterocycles. The third kappa shape index (κ3) is 2.89. The standard InChI is InChI=1S/C13H11ClFN3O2S/c14-11-8(2-1-3-9(11)15)12-16-17-13(21-6-10(19)20)18(12)7-4-5-7/h1-3,7H,4-6H2,(H,19,20). The summed E-state index contributed by atoms with van der Waals surface area (Å²) in [4.78, 5) is 10.7. The summed E-state index contributed by atoms with van der Waals surface area (Å²) in [7, 11) is 0. The first kappa shape index (κ1) is 14.3. The molecule has 1 saturated carbocycles. The Hall–Kier alpha value is -1.60. The van der Waals surface area contributed by atoms with Crippen LogP contribution in [0, 0.1) is 5.82 Å². The van der Waals surface area contributed by atoms with Crippen LogP contribution in [0.1, 0.15) is 18.9 Å². The van der Waals surface area contributed by atoms with Crippen LogP contribution in [0.4, 0.5) is 4.39 Å². The Labute approximate surface area is 129 Å². The van der Waals surface area contributed by atoms with Crippen LogP contribution in [-0.2, 0) is 4.79 Å². The highest BCUT2D eigenvalue weighted by Gasteiger charge is 2.31. The molecule has 0 spiro atoms. The summed E-state index contributed by atoms with van der Waals surface area (Å²) in [6, 6.07) is 4.75. The number of benzene rings is 1. The van der Waals surface area contributed by atoms with Gasteiger partial charge in [0.25, 0.3) is 0 Å². The van der Waals surface area contributed by atoms with Gasteiger partial charge in [-0.05, 0) is 25.0 Å². The van der Waals surface area contributed by atoms with Crippen molar-refractivity contribution in [1.29, 1.82) is 0 Å². The zero-order valence-electron chi connectivity index (χ0n) is 10.8. The van der Waals surface area contributed by atoms with Crippen LogP contribution in [0.25, 0.3) is 11.4 Å². The lowest BCUT2D eigenvalue weighted by Gasteiger charge is -2.09. The molecule has 0 aliphatic heterocycles. The molecule has 0 atom stereocenters. The molecule has 0 bridgehead atoms. The highest BCUT2D eigenvalue weighted by atomic mass is 35.5. The van der Waals surface area contributed by atoms with Crippen molar-refractivity contribution in [3.63, 3.8) is 0 Å². The zero-order valence-corrected chi connectivity index (χ0v) is 12.4. The summed E-state index contributed by atoms with van der Waals surface area (Å²) in [5.74, 6) is -1.05. The molecule has 5 nitrogen and oxygen atoms in total. The number of rotatable bonds is 5. The molecule has 0 radical (unpaired) electrons. The van der Waals surface area contributed by atoms with Gasteiger partial charge >= 0.3 is 5.97 Å². The van der Waals surface area contributed by atoms with E-state index in [1.807, 2.05) is 4.57 Å². The number of thioether (sulfide) groups is 1. The molecule has 0 saturated heterocycles. The summed E-state index contributed by atoms with van der Waals surface area (Å²) in [6.45, 7) is 0. The van der Waals surface area contributed by atoms with E-state index >= 15 is 0 Å². The van der Waals surface area contributed by atoms with Gasteiger partial charge in [-0.15, -0.1) is 10.2 Å². The van der Waals surface area contributed by atoms with E-state index in [0.717, 1.165) is 24.6 Å². The SMILES string of the molecule is O=C(O)CSc1nnc(-c2cccc(F)c2Cl)n1C1CC1. The number of hydrogen-bond donors (Lipinski definition) is 1. The van der Waals surface area contributed by atoms with Gasteiger partial charge in [0.15, 0.2) is 11.0 Å². The number of aliphatic carboxylic acids is 1. The predicted molar refractivity (Wildman–Crippen MR) is 77.1 cm³/mol. The van der Waals surface area contributed by atoms with E-state index in [0.29, 0.717) is 16.5 Å². The van der Waals surface area contributed by atoms with Crippen LogP contribution in [0.5, 0.6) is 0 Å². The fourth-order valence-corrected chi connectivity index (χ4v) is 2.96. The first-order valence-electron chi connectivity index (χ1n) is 6.32. The van der Waals surface area contributed by atoms with Gasteiger partial charge in [0.2, 0.25) is 0 Å². The van der Waals surface area contributed by atoms with Crippen molar-refractivity contribution in [2.75, 3.05) is 5.75 Å². The van der Waals surface area contributed by atoms with Crippen LogP contribution < -0.4 is 0 Å². The van der Waals surface area contributed by atoms with Crippen molar-refractivity contribution < 1.29 is 14.3 Å². The van der Waals surface area contributed by atoms with Gasteiger partial charge in [-0.3, -0.25) is 9.36 Å². The summed E-state index contributed by atoms with van der Waals surface area (Å²) in [5.41, 5.74) is 0.471. The van der Waals surface area contributed by atoms with Crippen LogP contribution in [0.2, 0.25) is 5.02 Å². The lowest BCUT2D eigenvalue weighted by molar-refractivity contribution is -0.133. The van der Waals surface area contributed by atoms with E-state index < -0.39 is 11.8 Å². The summed E-state index contributed by atoms with van der Waals surface area (Å²) >= 11 is 7.11. The van der Waals surface area contributed by atoms with Crippen molar-refractivity contribution in [3.05, 3.63) is 29.0 Å². The number of aromatic nitrogens is 3. The Kier molecular flexibility index (Phi) is 3.86. The second-order valence-electron chi connectivity index (χ2n) is 4.69. The molecule has 0 unspecified atom stereocenters. The first-order chi connectivity index (χ1) is 10.1. The normalized spacial score (nSPS) is 14.4. The van der Waals surface area contributed by atoms with Crippen molar-refractivity contribution in [3.8, 4) is 11.4 Å². The number of halogens is 2. The largest absolute Gasteiger partial charge is 0.481 e. The van der Waals surface area contributed by atoms with E-state index in [9.17, 15) is 9.18 Å². The maximum atomic E-state index is 13.6. The summed E-state index contributed by atoms with van der Waals surface area (Å²) in [5, 5.41) is 17.4. The smallest absolute Gasteiger partial charge is 0.313 e. The van der Waals surface area contributed by atoms with E-state index in [4.69, 9.17) is 16.7 Å². The fourth-order valence-electron chi connectivity index (χ4n) is 2.02. The maximum Gasteiger partial charge on any atom is 0.313 e. The van der Waals surface area contributed by atoms with Crippen LogP contribution in [0.15, 0.2) is 23.4 Å². The Bertz CT molecular complexity index is 703. The topological polar surface area (TPSA) is 68.0 Å². The van der Waals surface area contributed by atoms with Gasteiger partial charge in [-0.2, -0.15) is 0 Å². The molecule has 21 heavy (non-hydrogen) atoms. The average Bonchev–Trinajstić information content (AvgIpc) is 3.20. The van der Waals surface area contributed by atoms with Crippen molar-refractivity contribution in [2.24, 2.45) is 0 Å². The molecule has 2 aromatic rings. The van der Waals surface area contributed by atoms with Gasteiger partial charge in [0.1, 0.15) is 5.82 Å². The molecule has 0 amide bonds. The fraction of sp³-hybridized carbons (Fsp3) is 0.308. The van der Waals surface area contributed by atoms with Crippen molar-refractivity contribution >= 4 is 29.3 Å². The van der Waals surface area contributed by atoms with E-state index in [1.165, 1.54) is 6.07 Å². The lowest BCUT2D eigenvalue weighted by atomic mass is 10.2. The minimum Gasteiger partial charge on any atom is -0.481 e. The molecular formula is C13H11ClFN3O2S. The number of carboxylic acid groups (broad SMARTS) is 1. The Balaban J connectivity index is 2.02. The highest BCUT2D eigenvalue weighted by Crippen LogP contribution is 2.42. The van der Waals surface area contributed by atoms with Crippen LogP contribution in [0.3, 0.4) is 0 Å². The number of carbonyl (C=O) groups is 1. The van der Waals surface area contributed by atoms with E-state index in [-0.39, 0.29) is 16.8 Å². The molecule has 1 heterocycles. The van der Waals surface area contributed by atoms with Gasteiger partial charge < -0.3 is 5.11 Å². The van der Waals surface area contributed by atoms with Crippen LogP contribution in [-0.4, -0.2) is 31.6 Å². The number of carboxylic acids is 1. The molecule has 1 aliphatic rings. The van der Waals surface area contributed by atoms with Gasteiger partial charge in [-0.1, -0.05) is 29.4 Å². The molecule has 1 fully saturated rings. The van der Waals surface area contributed by atoms with Crippen molar-refractivity contribution in [1.82, 2.24) is 14.8 Å². The average molecular weight is 328 g/mol. The number of nitrogens with zero attached hydrogens (tertiary/aromatic N) is 3. The predicted octanol–water partition coefficient (Wildman–Crippen LogP) is 3.25. The molecule has 110 valence electrons. The second-order valence-corrected chi connectivity index (χ2v) is 6.01. The van der Waals surface area contributed by atoms with Crippen molar-refractivity contribution in [2.45, 2.75) is 24.0 Å². The minimum absolute atomic E-state index is 0.00147. The highest BCUT2D eigenvalue weighted by molar-refractivity contribution is 7.99. The molecular weight excluding hydrogens is 317 g/mol. The van der Waals surface area contributed by atoms with Gasteiger partial charge in [-0.25, -0.2) is 4.39 Å². The Morgan fingerprint density at radius 3 is 2.90 bits per heavy atom. The number of hydrogen-bond acceptors (Lipinski definition) is 4. The zero-order chi connectivity index (χ0) is 15.0. The second kappa shape index (κ2) is 5.65. The summed E-state index contributed by atoms with van der Waals surface area (Å²) < 4.78 is 15.5. The Morgan fingerprint density at radius 1 is 1.48 bits per heavy atom. The van der Waals surface area contributed by atoms with E-state index in [1.54, 1.807) is 12.1 Å². The lowest BCUT2D eigenvalue weighted by Crippen LogP contribution is -2.03. The molecule has 1 aliphatic carbocycles. The summed E-state index contributed by atoms with van der Waals surface area (Å²) in [6.07, 6.45) is 1.94. The molecule has 1 N–H and O–H groups in total. The maximum absolute atomic E-state index is 13.6. The monoisotopic (exact) mass is 327 g/mol. The molecule has 8 heteroatoms. The van der Waals surface area contributed by atoms with E-state index in [2.05, 4.69) is 10.2 Å². The molecule has 3 rings (SSSR count). The third-order valence-electron chi connectivity index (χ3n) is 3.09. The minimum atomic E-state index is -0.921. The van der Waals surface area contributed by atoms with Gasteiger partial charge in [0.05, 0.1) is 10.8 Å².